The summed E-state index contributed by atoms with van der Waals surface area (Å²) >= 11 is 0. The lowest BCUT2D eigenvalue weighted by atomic mass is 10.1. The average Bonchev–Trinajstić information content (AvgIpc) is 3.26. The number of rotatable bonds is 7. The molecule has 4 heteroatoms. The SMILES string of the molecule is c1ccc(Cc2ccc(N=[N+]=c3n(Cc4ccccc4)ccn3Cc3ccccc3)cc2)cc1. The first-order valence-corrected chi connectivity index (χ1v) is 11.5. The zero-order valence-corrected chi connectivity index (χ0v) is 19.0. The molecule has 5 aromatic rings. The highest BCUT2D eigenvalue weighted by atomic mass is 15.2. The molecule has 0 saturated heterocycles. The molecule has 0 aliphatic carbocycles. The zero-order valence-electron chi connectivity index (χ0n) is 19.0. The van der Waals surface area contributed by atoms with Crippen LogP contribution in [0.2, 0.25) is 0 Å². The fourth-order valence-corrected chi connectivity index (χ4v) is 4.00. The molecule has 0 radical (unpaired) electrons. The molecule has 0 saturated carbocycles. The third-order valence-corrected chi connectivity index (χ3v) is 5.77. The highest BCUT2D eigenvalue weighted by Crippen LogP contribution is 2.15. The molecule has 0 N–H and O–H groups in total. The minimum absolute atomic E-state index is 0.743. The molecule has 1 aromatic heterocycles. The van der Waals surface area contributed by atoms with Crippen molar-refractivity contribution in [2.75, 3.05) is 0 Å². The van der Waals surface area contributed by atoms with Gasteiger partial charge in [0, 0.05) is 0 Å². The molecule has 0 unspecified atom stereocenters. The highest BCUT2D eigenvalue weighted by Gasteiger charge is 2.12. The second-order valence-corrected chi connectivity index (χ2v) is 8.35. The molecule has 1 heterocycles. The molecule has 0 atom stereocenters. The fraction of sp³-hybridized carbons (Fsp3) is 0.100. The van der Waals surface area contributed by atoms with Gasteiger partial charge < -0.3 is 0 Å². The topological polar surface area (TPSA) is 36.3 Å². The Kier molecular flexibility index (Phi) is 6.61. The van der Waals surface area contributed by atoms with Crippen molar-refractivity contribution in [3.8, 4) is 0 Å². The van der Waals surface area contributed by atoms with Gasteiger partial charge in [0.25, 0.3) is 0 Å². The van der Waals surface area contributed by atoms with Crippen LogP contribution in [0.3, 0.4) is 0 Å². The predicted octanol–water partition coefficient (Wildman–Crippen LogP) is 5.87. The van der Waals surface area contributed by atoms with Gasteiger partial charge in [0.1, 0.15) is 5.69 Å². The quantitative estimate of drug-likeness (QED) is 0.223. The van der Waals surface area contributed by atoms with Crippen LogP contribution in [-0.4, -0.2) is 13.9 Å². The Hall–Kier alpha value is -4.40. The van der Waals surface area contributed by atoms with Gasteiger partial charge in [-0.3, -0.25) is 0 Å². The van der Waals surface area contributed by atoms with Gasteiger partial charge in [0.05, 0.1) is 25.5 Å². The standard InChI is InChI=1S/C30H27N4/c1-4-10-25(11-5-1)22-26-16-18-29(19-17-26)31-32-30-33(23-27-12-6-2-7-13-27)20-21-34(30)24-28-14-8-3-9-15-28/h1-21H,22-24H2/q+1. The van der Waals surface area contributed by atoms with E-state index in [1.165, 1.54) is 22.3 Å². The van der Waals surface area contributed by atoms with E-state index < -0.39 is 0 Å². The first-order valence-electron chi connectivity index (χ1n) is 11.5. The number of nitrogens with zero attached hydrogens (tertiary/aromatic N) is 4. The monoisotopic (exact) mass is 443 g/mol. The summed E-state index contributed by atoms with van der Waals surface area (Å²) in [6, 6.07) is 39.7. The van der Waals surface area contributed by atoms with Crippen molar-refractivity contribution in [2.45, 2.75) is 19.5 Å². The van der Waals surface area contributed by atoms with Gasteiger partial charge in [-0.05, 0) is 45.9 Å². The van der Waals surface area contributed by atoms with Crippen LogP contribution in [-0.2, 0) is 19.5 Å². The van der Waals surface area contributed by atoms with Crippen LogP contribution in [0, 0.1) is 0 Å². The van der Waals surface area contributed by atoms with Gasteiger partial charge in [0.2, 0.25) is 0 Å². The lowest BCUT2D eigenvalue weighted by molar-refractivity contribution is -0.152. The summed E-state index contributed by atoms with van der Waals surface area (Å²) in [5, 5.41) is 4.58. The largest absolute Gasteiger partial charge is 0.479 e. The van der Waals surface area contributed by atoms with Crippen LogP contribution in [0.4, 0.5) is 5.69 Å². The Morgan fingerprint density at radius 3 is 1.44 bits per heavy atom. The summed E-state index contributed by atoms with van der Waals surface area (Å²) in [6.07, 6.45) is 5.07. The minimum Gasteiger partial charge on any atom is -0.215 e. The summed E-state index contributed by atoms with van der Waals surface area (Å²) in [5.74, 6) is 0. The maximum atomic E-state index is 4.69. The van der Waals surface area contributed by atoms with E-state index in [1.807, 2.05) is 30.3 Å². The smallest absolute Gasteiger partial charge is 0.215 e. The molecule has 166 valence electrons. The molecule has 5 rings (SSSR count). The van der Waals surface area contributed by atoms with Crippen LogP contribution in [0.1, 0.15) is 22.3 Å². The molecule has 0 aliphatic heterocycles. The second-order valence-electron chi connectivity index (χ2n) is 8.35. The third kappa shape index (κ3) is 5.50. The molecule has 0 amide bonds. The van der Waals surface area contributed by atoms with Crippen molar-refractivity contribution in [3.05, 3.63) is 156 Å². The number of hydrogen-bond acceptors (Lipinski definition) is 1. The third-order valence-electron chi connectivity index (χ3n) is 5.77. The van der Waals surface area contributed by atoms with Crippen molar-refractivity contribution in [1.82, 2.24) is 9.13 Å². The van der Waals surface area contributed by atoms with E-state index in [0.717, 1.165) is 30.8 Å². The van der Waals surface area contributed by atoms with Crippen LogP contribution in [0.25, 0.3) is 0 Å². The van der Waals surface area contributed by atoms with E-state index in [4.69, 9.17) is 4.79 Å². The van der Waals surface area contributed by atoms with E-state index >= 15 is 0 Å². The highest BCUT2D eigenvalue weighted by molar-refractivity contribution is 5.39. The van der Waals surface area contributed by atoms with Crippen LogP contribution in [0.15, 0.2) is 133 Å². The van der Waals surface area contributed by atoms with Crippen molar-refractivity contribution < 1.29 is 4.79 Å². The molecule has 0 fully saturated rings. The molecular weight excluding hydrogens is 416 g/mol. The van der Waals surface area contributed by atoms with E-state index in [9.17, 15) is 0 Å². The summed E-state index contributed by atoms with van der Waals surface area (Å²) in [4.78, 5) is 4.69. The first-order chi connectivity index (χ1) is 16.8. The van der Waals surface area contributed by atoms with E-state index in [-0.39, 0.29) is 0 Å². The van der Waals surface area contributed by atoms with Gasteiger partial charge >= 0.3 is 5.62 Å². The first kappa shape index (κ1) is 21.4. The van der Waals surface area contributed by atoms with Crippen LogP contribution < -0.4 is 5.62 Å². The summed E-state index contributed by atoms with van der Waals surface area (Å²) in [6.45, 7) is 1.49. The molecule has 0 spiro atoms. The van der Waals surface area contributed by atoms with Crippen molar-refractivity contribution in [1.29, 1.82) is 0 Å². The Morgan fingerprint density at radius 1 is 0.500 bits per heavy atom. The maximum Gasteiger partial charge on any atom is 0.479 e. The van der Waals surface area contributed by atoms with Crippen molar-refractivity contribution in [2.24, 2.45) is 5.11 Å². The second kappa shape index (κ2) is 10.5. The fourth-order valence-electron chi connectivity index (χ4n) is 4.00. The molecule has 4 aromatic carbocycles. The average molecular weight is 444 g/mol. The van der Waals surface area contributed by atoms with E-state index in [2.05, 4.69) is 112 Å². The Morgan fingerprint density at radius 2 is 0.941 bits per heavy atom. The Balaban J connectivity index is 1.46. The van der Waals surface area contributed by atoms with Crippen molar-refractivity contribution in [3.63, 3.8) is 0 Å². The van der Waals surface area contributed by atoms with Gasteiger partial charge in [-0.25, -0.2) is 9.13 Å². The number of hydrogen-bond donors (Lipinski definition) is 0. The molecule has 0 aliphatic rings. The van der Waals surface area contributed by atoms with Gasteiger partial charge in [0.15, 0.2) is 0 Å². The lowest BCUT2D eigenvalue weighted by Crippen LogP contribution is -2.28. The number of aromatic nitrogens is 2. The zero-order chi connectivity index (χ0) is 23.0. The van der Waals surface area contributed by atoms with Crippen LogP contribution >= 0.6 is 0 Å². The molecule has 0 bridgehead atoms. The lowest BCUT2D eigenvalue weighted by Gasteiger charge is -2.01. The predicted molar refractivity (Wildman–Crippen MR) is 135 cm³/mol. The molecule has 34 heavy (non-hydrogen) atoms. The summed E-state index contributed by atoms with van der Waals surface area (Å²) in [7, 11) is 0. The van der Waals surface area contributed by atoms with Gasteiger partial charge in [-0.1, -0.05) is 103 Å². The minimum atomic E-state index is 0.743. The summed E-state index contributed by atoms with van der Waals surface area (Å²) in [5.41, 5.74) is 6.68. The van der Waals surface area contributed by atoms with Crippen LogP contribution in [0.5, 0.6) is 0 Å². The van der Waals surface area contributed by atoms with E-state index in [0.29, 0.717) is 0 Å². The Labute approximate surface area is 199 Å². The number of imidazole rings is 1. The normalized spacial score (nSPS) is 10.6. The van der Waals surface area contributed by atoms with E-state index in [1.54, 1.807) is 0 Å². The number of benzene rings is 4. The maximum absolute atomic E-state index is 4.69. The van der Waals surface area contributed by atoms with Gasteiger partial charge in [-0.2, -0.15) is 0 Å². The molecular formula is C30H27N4+. The van der Waals surface area contributed by atoms with Gasteiger partial charge in [-0.15, -0.1) is 4.79 Å². The molecule has 4 nitrogen and oxygen atoms in total. The summed E-state index contributed by atoms with van der Waals surface area (Å²) < 4.78 is 4.29. The van der Waals surface area contributed by atoms with Crippen molar-refractivity contribution >= 4 is 5.69 Å². The Bertz CT molecular complexity index is 1360.